The standard InChI is InChI=1S/C13H16F3N3O3S/c1-23(21,22)19-10-9(6-8(7-18-10)13(14,15)16)12(11(17)20)4-2-3-5-12/h6-7H,2-5H2,1H3,(H2,17,20)(H,18,19). The number of pyridine rings is 1. The Hall–Kier alpha value is -1.84. The van der Waals surface area contributed by atoms with Crippen LogP contribution in [-0.4, -0.2) is 25.6 Å². The average molecular weight is 351 g/mol. The number of nitrogens with one attached hydrogen (secondary N) is 1. The SMILES string of the molecule is CS(=O)(=O)Nc1ncc(C(F)(F)F)cc1C1(C(N)=O)CCCC1. The van der Waals surface area contributed by atoms with Crippen LogP contribution in [0.15, 0.2) is 12.3 Å². The minimum atomic E-state index is -4.66. The van der Waals surface area contributed by atoms with Crippen molar-refractivity contribution in [1.82, 2.24) is 4.98 Å². The molecular weight excluding hydrogens is 335 g/mol. The van der Waals surface area contributed by atoms with Crippen molar-refractivity contribution >= 4 is 21.7 Å². The fourth-order valence-corrected chi connectivity index (χ4v) is 3.38. The zero-order valence-electron chi connectivity index (χ0n) is 12.3. The molecule has 0 aromatic carbocycles. The Bertz CT molecular complexity index is 726. The Morgan fingerprint density at radius 1 is 1.35 bits per heavy atom. The molecule has 10 heteroatoms. The highest BCUT2D eigenvalue weighted by Gasteiger charge is 2.45. The van der Waals surface area contributed by atoms with Crippen LogP contribution in [0, 0.1) is 0 Å². The first-order chi connectivity index (χ1) is 10.5. The predicted octanol–water partition coefficient (Wildman–Crippen LogP) is 1.77. The van der Waals surface area contributed by atoms with Gasteiger partial charge < -0.3 is 5.73 Å². The molecule has 0 bridgehead atoms. The maximum Gasteiger partial charge on any atom is 0.417 e. The highest BCUT2D eigenvalue weighted by Crippen LogP contribution is 2.45. The van der Waals surface area contributed by atoms with E-state index in [-0.39, 0.29) is 24.2 Å². The lowest BCUT2D eigenvalue weighted by Crippen LogP contribution is -2.40. The van der Waals surface area contributed by atoms with Gasteiger partial charge in [-0.1, -0.05) is 12.8 Å². The second kappa shape index (κ2) is 5.66. The first-order valence-corrected chi connectivity index (χ1v) is 8.70. The Morgan fingerprint density at radius 3 is 2.35 bits per heavy atom. The quantitative estimate of drug-likeness (QED) is 0.863. The van der Waals surface area contributed by atoms with E-state index in [1.807, 2.05) is 0 Å². The molecule has 1 fully saturated rings. The molecule has 0 saturated heterocycles. The molecular formula is C13H16F3N3O3S. The third-order valence-electron chi connectivity index (χ3n) is 3.94. The van der Waals surface area contributed by atoms with Crippen molar-refractivity contribution in [2.75, 3.05) is 11.0 Å². The van der Waals surface area contributed by atoms with Crippen LogP contribution in [0.2, 0.25) is 0 Å². The van der Waals surface area contributed by atoms with E-state index in [4.69, 9.17) is 5.73 Å². The molecule has 1 aromatic heterocycles. The van der Waals surface area contributed by atoms with Crippen molar-refractivity contribution in [3.63, 3.8) is 0 Å². The average Bonchev–Trinajstić information content (AvgIpc) is 2.86. The molecule has 0 unspecified atom stereocenters. The number of hydrogen-bond acceptors (Lipinski definition) is 4. The number of carbonyl (C=O) groups excluding carboxylic acids is 1. The first kappa shape index (κ1) is 17.5. The van der Waals surface area contributed by atoms with Gasteiger partial charge in [-0.25, -0.2) is 13.4 Å². The molecule has 2 rings (SSSR count). The van der Waals surface area contributed by atoms with Gasteiger partial charge in [-0.05, 0) is 18.9 Å². The zero-order chi connectivity index (χ0) is 17.5. The summed E-state index contributed by atoms with van der Waals surface area (Å²) in [5.41, 5.74) is 2.91. The number of primary amides is 1. The molecule has 0 aliphatic heterocycles. The van der Waals surface area contributed by atoms with E-state index in [1.54, 1.807) is 0 Å². The minimum absolute atomic E-state index is 0.122. The topological polar surface area (TPSA) is 102 Å². The van der Waals surface area contributed by atoms with Crippen LogP contribution in [-0.2, 0) is 26.4 Å². The number of amides is 1. The number of anilines is 1. The van der Waals surface area contributed by atoms with Gasteiger partial charge in [0.2, 0.25) is 15.9 Å². The molecule has 1 heterocycles. The Morgan fingerprint density at radius 2 is 1.91 bits per heavy atom. The van der Waals surface area contributed by atoms with E-state index in [9.17, 15) is 26.4 Å². The van der Waals surface area contributed by atoms with Gasteiger partial charge in [0.25, 0.3) is 0 Å². The largest absolute Gasteiger partial charge is 0.417 e. The number of alkyl halides is 3. The smallest absolute Gasteiger partial charge is 0.369 e. The lowest BCUT2D eigenvalue weighted by Gasteiger charge is -2.28. The predicted molar refractivity (Wildman–Crippen MR) is 77.0 cm³/mol. The van der Waals surface area contributed by atoms with Crippen LogP contribution in [0.5, 0.6) is 0 Å². The van der Waals surface area contributed by atoms with Crippen LogP contribution >= 0.6 is 0 Å². The van der Waals surface area contributed by atoms with Crippen LogP contribution in [0.4, 0.5) is 19.0 Å². The second-order valence-electron chi connectivity index (χ2n) is 5.65. The van der Waals surface area contributed by atoms with Gasteiger partial charge in [-0.3, -0.25) is 9.52 Å². The molecule has 1 aliphatic rings. The molecule has 0 spiro atoms. The fourth-order valence-electron chi connectivity index (χ4n) is 2.87. The fraction of sp³-hybridized carbons (Fsp3) is 0.538. The van der Waals surface area contributed by atoms with Gasteiger partial charge in [0.05, 0.1) is 17.2 Å². The Kier molecular flexibility index (Phi) is 4.31. The lowest BCUT2D eigenvalue weighted by molar-refractivity contribution is -0.138. The third-order valence-corrected chi connectivity index (χ3v) is 4.51. The van der Waals surface area contributed by atoms with Crippen LogP contribution in [0.25, 0.3) is 0 Å². The molecule has 3 N–H and O–H groups in total. The van der Waals surface area contributed by atoms with E-state index in [2.05, 4.69) is 9.71 Å². The highest BCUT2D eigenvalue weighted by molar-refractivity contribution is 7.92. The van der Waals surface area contributed by atoms with Crippen LogP contribution < -0.4 is 10.5 Å². The van der Waals surface area contributed by atoms with Crippen molar-refractivity contribution < 1.29 is 26.4 Å². The number of hydrogen-bond donors (Lipinski definition) is 2. The Labute approximate surface area is 131 Å². The summed E-state index contributed by atoms with van der Waals surface area (Å²) in [6, 6.07) is 0.761. The molecule has 0 atom stereocenters. The molecule has 23 heavy (non-hydrogen) atoms. The van der Waals surface area contributed by atoms with Gasteiger partial charge >= 0.3 is 6.18 Å². The number of halogens is 3. The third kappa shape index (κ3) is 3.57. The van der Waals surface area contributed by atoms with E-state index in [0.717, 1.165) is 12.3 Å². The van der Waals surface area contributed by atoms with Crippen molar-refractivity contribution in [2.24, 2.45) is 5.73 Å². The first-order valence-electron chi connectivity index (χ1n) is 6.81. The van der Waals surface area contributed by atoms with Gasteiger partial charge in [0.1, 0.15) is 5.82 Å². The van der Waals surface area contributed by atoms with Crippen molar-refractivity contribution in [3.8, 4) is 0 Å². The van der Waals surface area contributed by atoms with Gasteiger partial charge in [0, 0.05) is 11.8 Å². The van der Waals surface area contributed by atoms with E-state index in [1.165, 1.54) is 0 Å². The summed E-state index contributed by atoms with van der Waals surface area (Å²) in [6.07, 6.45) is -1.56. The summed E-state index contributed by atoms with van der Waals surface area (Å²) in [5, 5.41) is 0. The van der Waals surface area contributed by atoms with Gasteiger partial charge in [-0.2, -0.15) is 13.2 Å². The van der Waals surface area contributed by atoms with E-state index >= 15 is 0 Å². The summed E-state index contributed by atoms with van der Waals surface area (Å²) in [7, 11) is -3.78. The maximum atomic E-state index is 13.0. The summed E-state index contributed by atoms with van der Waals surface area (Å²) >= 11 is 0. The number of nitrogens with two attached hydrogens (primary N) is 1. The number of carbonyl (C=O) groups is 1. The van der Waals surface area contributed by atoms with Crippen molar-refractivity contribution in [1.29, 1.82) is 0 Å². The molecule has 1 aliphatic carbocycles. The van der Waals surface area contributed by atoms with Crippen molar-refractivity contribution in [3.05, 3.63) is 23.4 Å². The molecule has 1 amide bonds. The van der Waals surface area contributed by atoms with Crippen LogP contribution in [0.1, 0.15) is 36.8 Å². The van der Waals surface area contributed by atoms with Gasteiger partial charge in [0.15, 0.2) is 0 Å². The van der Waals surface area contributed by atoms with Gasteiger partial charge in [-0.15, -0.1) is 0 Å². The normalized spacial score (nSPS) is 17.9. The molecule has 128 valence electrons. The second-order valence-corrected chi connectivity index (χ2v) is 7.39. The minimum Gasteiger partial charge on any atom is -0.369 e. The van der Waals surface area contributed by atoms with Crippen molar-refractivity contribution in [2.45, 2.75) is 37.3 Å². The highest BCUT2D eigenvalue weighted by atomic mass is 32.2. The summed E-state index contributed by atoms with van der Waals surface area (Å²) in [6.45, 7) is 0. The van der Waals surface area contributed by atoms with E-state index < -0.39 is 33.1 Å². The lowest BCUT2D eigenvalue weighted by atomic mass is 9.78. The molecule has 1 saturated carbocycles. The summed E-state index contributed by atoms with van der Waals surface area (Å²) in [4.78, 5) is 15.5. The summed E-state index contributed by atoms with van der Waals surface area (Å²) in [5.74, 6) is -1.08. The summed E-state index contributed by atoms with van der Waals surface area (Å²) < 4.78 is 63.8. The number of aromatic nitrogens is 1. The van der Waals surface area contributed by atoms with E-state index in [0.29, 0.717) is 19.0 Å². The maximum absolute atomic E-state index is 13.0. The number of rotatable bonds is 4. The number of sulfonamides is 1. The zero-order valence-corrected chi connectivity index (χ0v) is 13.1. The monoisotopic (exact) mass is 351 g/mol. The molecule has 0 radical (unpaired) electrons. The molecule has 1 aromatic rings. The number of nitrogens with zero attached hydrogens (tertiary/aromatic N) is 1. The Balaban J connectivity index is 2.67. The molecule has 6 nitrogen and oxygen atoms in total. The van der Waals surface area contributed by atoms with Crippen LogP contribution in [0.3, 0.4) is 0 Å².